The molecule has 2 aromatic heterocycles. The monoisotopic (exact) mass is 291 g/mol. The lowest BCUT2D eigenvalue weighted by Gasteiger charge is -2.06. The molecule has 6 nitrogen and oxygen atoms in total. The zero-order valence-electron chi connectivity index (χ0n) is 10.2. The van der Waals surface area contributed by atoms with E-state index in [1.807, 2.05) is 0 Å². The van der Waals surface area contributed by atoms with E-state index in [0.717, 1.165) is 0 Å². The van der Waals surface area contributed by atoms with Gasteiger partial charge in [0.25, 0.3) is 5.91 Å². The number of aromatic carboxylic acids is 1. The van der Waals surface area contributed by atoms with Gasteiger partial charge in [-0.15, -0.1) is 0 Å². The van der Waals surface area contributed by atoms with Crippen molar-refractivity contribution in [2.24, 2.45) is 0 Å². The fourth-order valence-electron chi connectivity index (χ4n) is 1.49. The summed E-state index contributed by atoms with van der Waals surface area (Å²) >= 11 is 5.81. The topological polar surface area (TPSA) is 92.2 Å². The molecule has 2 N–H and O–H groups in total. The fourth-order valence-corrected chi connectivity index (χ4v) is 1.69. The van der Waals surface area contributed by atoms with E-state index in [2.05, 4.69) is 15.3 Å². The van der Waals surface area contributed by atoms with Crippen LogP contribution in [0.2, 0.25) is 5.15 Å². The van der Waals surface area contributed by atoms with Crippen molar-refractivity contribution in [3.05, 3.63) is 58.6 Å². The summed E-state index contributed by atoms with van der Waals surface area (Å²) in [4.78, 5) is 30.1. The third-order valence-electron chi connectivity index (χ3n) is 2.50. The van der Waals surface area contributed by atoms with Crippen molar-refractivity contribution in [2.75, 3.05) is 0 Å². The first-order chi connectivity index (χ1) is 9.58. The molecule has 2 aromatic rings. The van der Waals surface area contributed by atoms with Crippen molar-refractivity contribution < 1.29 is 14.7 Å². The van der Waals surface area contributed by atoms with E-state index in [0.29, 0.717) is 5.56 Å². The Bertz CT molecular complexity index is 644. The Labute approximate surface area is 119 Å². The molecule has 0 fully saturated rings. The predicted molar refractivity (Wildman–Crippen MR) is 71.6 cm³/mol. The van der Waals surface area contributed by atoms with Crippen LogP contribution >= 0.6 is 11.6 Å². The van der Waals surface area contributed by atoms with Gasteiger partial charge in [0, 0.05) is 18.9 Å². The van der Waals surface area contributed by atoms with Gasteiger partial charge in [0.2, 0.25) is 0 Å². The number of hydrogen-bond donors (Lipinski definition) is 2. The summed E-state index contributed by atoms with van der Waals surface area (Å²) in [5, 5.41) is 11.5. The van der Waals surface area contributed by atoms with E-state index in [1.54, 1.807) is 18.2 Å². The van der Waals surface area contributed by atoms with Crippen molar-refractivity contribution in [3.8, 4) is 0 Å². The smallest absolute Gasteiger partial charge is 0.354 e. The van der Waals surface area contributed by atoms with Gasteiger partial charge in [0.1, 0.15) is 10.8 Å². The molecule has 0 saturated carbocycles. The molecule has 0 aromatic carbocycles. The summed E-state index contributed by atoms with van der Waals surface area (Å²) in [6, 6.07) is 6.14. The second kappa shape index (κ2) is 6.12. The van der Waals surface area contributed by atoms with Gasteiger partial charge in [-0.05, 0) is 23.8 Å². The van der Waals surface area contributed by atoms with Crippen LogP contribution < -0.4 is 5.32 Å². The van der Waals surface area contributed by atoms with Crippen LogP contribution in [-0.2, 0) is 6.54 Å². The summed E-state index contributed by atoms with van der Waals surface area (Å²) in [5.41, 5.74) is 0.919. The van der Waals surface area contributed by atoms with Gasteiger partial charge >= 0.3 is 5.97 Å². The molecule has 0 spiro atoms. The average Bonchev–Trinajstić information content (AvgIpc) is 2.45. The zero-order chi connectivity index (χ0) is 14.5. The van der Waals surface area contributed by atoms with Gasteiger partial charge in [-0.2, -0.15) is 0 Å². The highest BCUT2D eigenvalue weighted by atomic mass is 35.5. The van der Waals surface area contributed by atoms with Gasteiger partial charge in [-0.3, -0.25) is 4.79 Å². The van der Waals surface area contributed by atoms with Crippen molar-refractivity contribution in [2.45, 2.75) is 6.54 Å². The third kappa shape index (κ3) is 3.30. The van der Waals surface area contributed by atoms with Crippen LogP contribution in [0.5, 0.6) is 0 Å². The molecule has 0 aliphatic heterocycles. The lowest BCUT2D eigenvalue weighted by molar-refractivity contribution is 0.0690. The average molecular weight is 292 g/mol. The molecule has 2 heterocycles. The normalized spacial score (nSPS) is 10.1. The molecule has 2 rings (SSSR count). The first-order valence-corrected chi connectivity index (χ1v) is 6.02. The largest absolute Gasteiger partial charge is 0.477 e. The maximum atomic E-state index is 11.9. The molecule has 1 amide bonds. The number of carboxylic acids is 1. The summed E-state index contributed by atoms with van der Waals surface area (Å²) in [5.74, 6) is -1.45. The van der Waals surface area contributed by atoms with Crippen molar-refractivity contribution in [1.29, 1.82) is 0 Å². The van der Waals surface area contributed by atoms with Gasteiger partial charge in [-0.1, -0.05) is 17.7 Å². The van der Waals surface area contributed by atoms with Crippen molar-refractivity contribution in [3.63, 3.8) is 0 Å². The van der Waals surface area contributed by atoms with Crippen molar-refractivity contribution >= 4 is 23.5 Å². The molecule has 20 heavy (non-hydrogen) atoms. The first kappa shape index (κ1) is 14.0. The number of aromatic nitrogens is 2. The summed E-state index contributed by atoms with van der Waals surface area (Å²) in [7, 11) is 0. The maximum Gasteiger partial charge on any atom is 0.354 e. The van der Waals surface area contributed by atoms with E-state index in [1.165, 1.54) is 18.5 Å². The molecule has 0 unspecified atom stereocenters. The second-order valence-corrected chi connectivity index (χ2v) is 4.24. The number of nitrogens with zero attached hydrogens (tertiary/aromatic N) is 2. The number of nitrogens with one attached hydrogen (secondary N) is 1. The second-order valence-electron chi connectivity index (χ2n) is 3.88. The Kier molecular flexibility index (Phi) is 4.27. The van der Waals surface area contributed by atoms with E-state index in [4.69, 9.17) is 16.7 Å². The van der Waals surface area contributed by atoms with Crippen LogP contribution in [0.15, 0.2) is 36.7 Å². The first-order valence-electron chi connectivity index (χ1n) is 5.65. The molecule has 7 heteroatoms. The van der Waals surface area contributed by atoms with Crippen LogP contribution in [0.4, 0.5) is 0 Å². The molecule has 0 saturated heterocycles. The van der Waals surface area contributed by atoms with E-state index < -0.39 is 5.97 Å². The predicted octanol–water partition coefficient (Wildman–Crippen LogP) is 1.76. The molecule has 0 atom stereocenters. The minimum Gasteiger partial charge on any atom is -0.477 e. The highest BCUT2D eigenvalue weighted by molar-refractivity contribution is 6.32. The van der Waals surface area contributed by atoms with E-state index in [-0.39, 0.29) is 28.9 Å². The zero-order valence-corrected chi connectivity index (χ0v) is 11.0. The van der Waals surface area contributed by atoms with Gasteiger partial charge in [0.15, 0.2) is 0 Å². The van der Waals surface area contributed by atoms with E-state index in [9.17, 15) is 9.59 Å². The highest BCUT2D eigenvalue weighted by Crippen LogP contribution is 2.11. The van der Waals surface area contributed by atoms with Crippen LogP contribution in [0.1, 0.15) is 26.4 Å². The number of hydrogen-bond acceptors (Lipinski definition) is 4. The van der Waals surface area contributed by atoms with Crippen LogP contribution in [0.25, 0.3) is 0 Å². The number of amides is 1. The molecule has 0 aliphatic carbocycles. The Morgan fingerprint density at radius 1 is 1.25 bits per heavy atom. The molecular weight excluding hydrogens is 282 g/mol. The van der Waals surface area contributed by atoms with Gasteiger partial charge in [-0.25, -0.2) is 14.8 Å². The highest BCUT2D eigenvalue weighted by Gasteiger charge is 2.10. The third-order valence-corrected chi connectivity index (χ3v) is 2.80. The number of carbonyl (C=O) groups excluding carboxylic acids is 1. The Hall–Kier alpha value is -2.47. The van der Waals surface area contributed by atoms with Crippen LogP contribution in [0.3, 0.4) is 0 Å². The lowest BCUT2D eigenvalue weighted by atomic mass is 10.2. The Morgan fingerprint density at radius 3 is 2.65 bits per heavy atom. The van der Waals surface area contributed by atoms with Crippen LogP contribution in [-0.4, -0.2) is 27.0 Å². The minimum absolute atomic E-state index is 0.0459. The Morgan fingerprint density at radius 2 is 2.05 bits per heavy atom. The molecule has 0 aliphatic rings. The number of rotatable bonds is 4. The molecule has 102 valence electrons. The van der Waals surface area contributed by atoms with Gasteiger partial charge < -0.3 is 10.4 Å². The molecule has 0 bridgehead atoms. The summed E-state index contributed by atoms with van der Waals surface area (Å²) in [6.45, 7) is 0.219. The number of carbonyl (C=O) groups is 2. The fraction of sp³-hybridized carbons (Fsp3) is 0.0769. The minimum atomic E-state index is -1.09. The van der Waals surface area contributed by atoms with Crippen LogP contribution in [0, 0.1) is 0 Å². The number of halogens is 1. The van der Waals surface area contributed by atoms with Crippen molar-refractivity contribution in [1.82, 2.24) is 15.3 Å². The quantitative estimate of drug-likeness (QED) is 0.837. The molecule has 0 radical (unpaired) electrons. The Balaban J connectivity index is 2.00. The standard InChI is InChI=1S/C13H10ClN3O3/c14-11-9(2-1-5-15-11)12(18)17-7-8-3-4-10(13(19)20)16-6-8/h1-6H,7H2,(H,17,18)(H,19,20). The lowest BCUT2D eigenvalue weighted by Crippen LogP contribution is -2.23. The SMILES string of the molecule is O=C(O)c1ccc(CNC(=O)c2cccnc2Cl)cn1. The number of pyridine rings is 2. The van der Waals surface area contributed by atoms with Gasteiger partial charge in [0.05, 0.1) is 5.56 Å². The summed E-state index contributed by atoms with van der Waals surface area (Å²) < 4.78 is 0. The van der Waals surface area contributed by atoms with E-state index >= 15 is 0 Å². The maximum absolute atomic E-state index is 11.9. The molecular formula is C13H10ClN3O3. The number of carboxylic acid groups (broad SMARTS) is 1. The summed E-state index contributed by atoms with van der Waals surface area (Å²) in [6.07, 6.45) is 2.89.